The van der Waals surface area contributed by atoms with E-state index in [2.05, 4.69) is 14.7 Å². The third kappa shape index (κ3) is 4.10. The maximum Gasteiger partial charge on any atom is 0.240 e. The first-order valence-electron chi connectivity index (χ1n) is 10.1. The Bertz CT molecular complexity index is 900. The summed E-state index contributed by atoms with van der Waals surface area (Å²) in [5.41, 5.74) is 12.3. The first-order valence-corrected chi connectivity index (χ1v) is 11.6. The van der Waals surface area contributed by atoms with Gasteiger partial charge >= 0.3 is 0 Å². The molecule has 9 nitrogen and oxygen atoms in total. The molecular formula is C19H28N6O3S. The molecule has 4 rings (SSSR count). The summed E-state index contributed by atoms with van der Waals surface area (Å²) in [6.45, 7) is 0.974. The van der Waals surface area contributed by atoms with Gasteiger partial charge in [0.25, 0.3) is 0 Å². The molecule has 158 valence electrons. The van der Waals surface area contributed by atoms with Gasteiger partial charge in [0.05, 0.1) is 11.0 Å². The van der Waals surface area contributed by atoms with E-state index >= 15 is 0 Å². The Balaban J connectivity index is 1.55. The lowest BCUT2D eigenvalue weighted by Gasteiger charge is -2.45. The first-order chi connectivity index (χ1) is 13.9. The van der Waals surface area contributed by atoms with Gasteiger partial charge in [0.2, 0.25) is 21.9 Å². The van der Waals surface area contributed by atoms with Crippen LogP contribution in [0.3, 0.4) is 0 Å². The summed E-state index contributed by atoms with van der Waals surface area (Å²) < 4.78 is 33.3. The van der Waals surface area contributed by atoms with Crippen molar-refractivity contribution in [2.75, 3.05) is 18.1 Å². The summed E-state index contributed by atoms with van der Waals surface area (Å²) in [5, 5.41) is 0. The average molecular weight is 421 g/mol. The molecule has 1 saturated carbocycles. The van der Waals surface area contributed by atoms with E-state index in [9.17, 15) is 8.42 Å². The number of sulfonamides is 1. The molecule has 0 radical (unpaired) electrons. The summed E-state index contributed by atoms with van der Waals surface area (Å²) >= 11 is 0. The zero-order valence-electron chi connectivity index (χ0n) is 16.4. The number of nitrogens with two attached hydrogens (primary N) is 2. The van der Waals surface area contributed by atoms with Crippen molar-refractivity contribution in [1.82, 2.24) is 4.72 Å². The molecule has 5 N–H and O–H groups in total. The SMILES string of the molecule is NC1=NC2(CCCCC2)N(c2ccc(S(=O)(=O)NCC3CCCO3)cc2)C(N)=N1. The molecule has 2 aliphatic heterocycles. The van der Waals surface area contributed by atoms with E-state index in [1.54, 1.807) is 24.3 Å². The number of anilines is 1. The number of benzene rings is 1. The van der Waals surface area contributed by atoms with Gasteiger partial charge in [-0.1, -0.05) is 6.42 Å². The second-order valence-corrected chi connectivity index (χ2v) is 9.57. The average Bonchev–Trinajstić information content (AvgIpc) is 3.21. The third-order valence-corrected chi connectivity index (χ3v) is 7.22. The molecule has 0 aromatic heterocycles. The van der Waals surface area contributed by atoms with Gasteiger partial charge in [0, 0.05) is 18.8 Å². The molecule has 3 aliphatic rings. The van der Waals surface area contributed by atoms with Crippen LogP contribution in [0, 0.1) is 0 Å². The highest BCUT2D eigenvalue weighted by Crippen LogP contribution is 2.39. The molecule has 1 spiro atoms. The Hall–Kier alpha value is -2.17. The fourth-order valence-electron chi connectivity index (χ4n) is 4.36. The van der Waals surface area contributed by atoms with Crippen LogP contribution in [0.1, 0.15) is 44.9 Å². The monoisotopic (exact) mass is 420 g/mol. The third-order valence-electron chi connectivity index (χ3n) is 5.78. The maximum atomic E-state index is 12.6. The van der Waals surface area contributed by atoms with Crippen molar-refractivity contribution >= 4 is 27.6 Å². The molecule has 2 heterocycles. The molecular weight excluding hydrogens is 392 g/mol. The van der Waals surface area contributed by atoms with Gasteiger partial charge in [0.1, 0.15) is 5.66 Å². The van der Waals surface area contributed by atoms with E-state index in [1.807, 2.05) is 4.90 Å². The Morgan fingerprint density at radius 2 is 1.86 bits per heavy atom. The lowest BCUT2D eigenvalue weighted by atomic mass is 9.87. The summed E-state index contributed by atoms with van der Waals surface area (Å²) in [4.78, 5) is 10.9. The van der Waals surface area contributed by atoms with E-state index in [-0.39, 0.29) is 29.5 Å². The van der Waals surface area contributed by atoms with Crippen LogP contribution in [0.5, 0.6) is 0 Å². The highest BCUT2D eigenvalue weighted by Gasteiger charge is 2.42. The minimum absolute atomic E-state index is 0.0529. The molecule has 1 aromatic rings. The van der Waals surface area contributed by atoms with E-state index in [4.69, 9.17) is 16.2 Å². The van der Waals surface area contributed by atoms with Gasteiger partial charge in [0.15, 0.2) is 0 Å². The molecule has 29 heavy (non-hydrogen) atoms. The molecule has 10 heteroatoms. The van der Waals surface area contributed by atoms with Crippen LogP contribution in [-0.4, -0.2) is 45.3 Å². The van der Waals surface area contributed by atoms with Gasteiger partial charge in [-0.05, 0) is 62.8 Å². The number of rotatable bonds is 5. The lowest BCUT2D eigenvalue weighted by molar-refractivity contribution is 0.114. The Morgan fingerprint density at radius 1 is 1.14 bits per heavy atom. The minimum atomic E-state index is -3.61. The molecule has 1 aromatic carbocycles. The van der Waals surface area contributed by atoms with Crippen LogP contribution in [0.2, 0.25) is 0 Å². The van der Waals surface area contributed by atoms with E-state index in [0.29, 0.717) is 6.61 Å². The number of ether oxygens (including phenoxy) is 1. The van der Waals surface area contributed by atoms with Crippen molar-refractivity contribution in [3.63, 3.8) is 0 Å². The topological polar surface area (TPSA) is 135 Å². The summed E-state index contributed by atoms with van der Waals surface area (Å²) in [5.74, 6) is 0.477. The zero-order chi connectivity index (χ0) is 20.5. The number of guanidine groups is 2. The van der Waals surface area contributed by atoms with Gasteiger partial charge in [-0.3, -0.25) is 4.90 Å². The number of hydrogen-bond acceptors (Lipinski definition) is 8. The van der Waals surface area contributed by atoms with Crippen molar-refractivity contribution < 1.29 is 13.2 Å². The fourth-order valence-corrected chi connectivity index (χ4v) is 5.43. The second-order valence-electron chi connectivity index (χ2n) is 7.80. The number of nitrogens with zero attached hydrogens (tertiary/aromatic N) is 3. The van der Waals surface area contributed by atoms with Gasteiger partial charge in [-0.2, -0.15) is 4.99 Å². The smallest absolute Gasteiger partial charge is 0.240 e. The maximum absolute atomic E-state index is 12.6. The van der Waals surface area contributed by atoms with Crippen LogP contribution in [0.15, 0.2) is 39.1 Å². The molecule has 1 aliphatic carbocycles. The molecule has 1 unspecified atom stereocenters. The predicted octanol–water partition coefficient (Wildman–Crippen LogP) is 1.25. The van der Waals surface area contributed by atoms with Crippen molar-refractivity contribution in [3.8, 4) is 0 Å². The summed E-state index contributed by atoms with van der Waals surface area (Å²) in [6, 6.07) is 6.66. The van der Waals surface area contributed by atoms with Crippen LogP contribution in [0.25, 0.3) is 0 Å². The predicted molar refractivity (Wildman–Crippen MR) is 112 cm³/mol. The van der Waals surface area contributed by atoms with Crippen LogP contribution in [0.4, 0.5) is 5.69 Å². The first kappa shape index (κ1) is 20.1. The molecule has 0 amide bonds. The van der Waals surface area contributed by atoms with E-state index in [0.717, 1.165) is 50.6 Å². The van der Waals surface area contributed by atoms with Crippen LogP contribution in [-0.2, 0) is 14.8 Å². The van der Waals surface area contributed by atoms with Crippen molar-refractivity contribution in [3.05, 3.63) is 24.3 Å². The highest BCUT2D eigenvalue weighted by molar-refractivity contribution is 7.89. The number of aliphatic imine (C=N–C) groups is 2. The number of hydrogen-bond donors (Lipinski definition) is 3. The molecule has 1 saturated heterocycles. The van der Waals surface area contributed by atoms with Crippen molar-refractivity contribution in [2.45, 2.75) is 61.6 Å². The molecule has 1 atom stereocenters. The van der Waals surface area contributed by atoms with E-state index < -0.39 is 15.7 Å². The van der Waals surface area contributed by atoms with Gasteiger partial charge in [-0.15, -0.1) is 0 Å². The quantitative estimate of drug-likeness (QED) is 0.656. The molecule has 2 fully saturated rings. The number of nitrogens with one attached hydrogen (secondary N) is 1. The summed E-state index contributed by atoms with van der Waals surface area (Å²) in [7, 11) is -3.61. The van der Waals surface area contributed by atoms with Gasteiger partial charge in [-0.25, -0.2) is 18.1 Å². The Kier molecular flexibility index (Phi) is 5.50. The highest BCUT2D eigenvalue weighted by atomic mass is 32.2. The normalized spacial score (nSPS) is 24.4. The minimum Gasteiger partial charge on any atom is -0.377 e. The van der Waals surface area contributed by atoms with Gasteiger partial charge < -0.3 is 16.2 Å². The van der Waals surface area contributed by atoms with Crippen molar-refractivity contribution in [2.24, 2.45) is 21.5 Å². The largest absolute Gasteiger partial charge is 0.377 e. The summed E-state index contributed by atoms with van der Waals surface area (Å²) in [6.07, 6.45) is 6.65. The Labute approximate surface area is 171 Å². The fraction of sp³-hybridized carbons (Fsp3) is 0.579. The second kappa shape index (κ2) is 7.92. The lowest BCUT2D eigenvalue weighted by Crippen LogP contribution is -2.58. The Morgan fingerprint density at radius 3 is 2.52 bits per heavy atom. The molecule has 0 bridgehead atoms. The van der Waals surface area contributed by atoms with E-state index in [1.165, 1.54) is 0 Å². The zero-order valence-corrected chi connectivity index (χ0v) is 17.2. The van der Waals surface area contributed by atoms with Crippen LogP contribution >= 0.6 is 0 Å². The van der Waals surface area contributed by atoms with Crippen LogP contribution < -0.4 is 21.1 Å². The standard InChI is InChI=1S/C19H28N6O3S/c20-17-23-18(21)25(19(24-17)10-2-1-3-11-19)14-6-8-16(9-7-14)29(26,27)22-13-15-5-4-12-28-15/h6-9,15,22H,1-5,10-13H2,(H4,20,21,23,24). The van der Waals surface area contributed by atoms with Crippen molar-refractivity contribution in [1.29, 1.82) is 0 Å².